The summed E-state index contributed by atoms with van der Waals surface area (Å²) in [6.07, 6.45) is -0.834. The molecule has 0 aliphatic carbocycles. The molecule has 0 N–H and O–H groups in total. The number of halogens is 2. The Bertz CT molecular complexity index is 669. The van der Waals surface area contributed by atoms with E-state index in [0.717, 1.165) is 49.7 Å². The Kier molecular flexibility index (Phi) is 4.96. The van der Waals surface area contributed by atoms with Crippen LogP contribution in [0.2, 0.25) is 0 Å². The molecule has 0 amide bonds. The van der Waals surface area contributed by atoms with Crippen LogP contribution in [-0.4, -0.2) is 50.9 Å². The number of nitrogens with zero attached hydrogens (tertiary/aromatic N) is 5. The molecule has 1 fully saturated rings. The third-order valence-electron chi connectivity index (χ3n) is 4.57. The Morgan fingerprint density at radius 1 is 1.12 bits per heavy atom. The fraction of sp³-hybridized carbons (Fsp3) is 0.625. The first-order chi connectivity index (χ1) is 11.4. The van der Waals surface area contributed by atoms with Crippen molar-refractivity contribution < 1.29 is 13.3 Å². The minimum atomic E-state index is -2.53. The van der Waals surface area contributed by atoms with Crippen LogP contribution < -0.4 is 0 Å². The fourth-order valence-electron chi connectivity index (χ4n) is 3.16. The van der Waals surface area contributed by atoms with E-state index in [0.29, 0.717) is 12.1 Å². The van der Waals surface area contributed by atoms with Crippen molar-refractivity contribution in [2.24, 2.45) is 7.05 Å². The maximum Gasteiger partial charge on any atom is 0.282 e. The molecule has 24 heavy (non-hydrogen) atoms. The lowest BCUT2D eigenvalue weighted by molar-refractivity contribution is 0.116. The predicted octanol–water partition coefficient (Wildman–Crippen LogP) is 2.28. The maximum absolute atomic E-state index is 13.0. The molecule has 0 atom stereocenters. The van der Waals surface area contributed by atoms with Crippen molar-refractivity contribution in [3.8, 4) is 0 Å². The molecule has 0 radical (unpaired) electrons. The number of alkyl halides is 2. The lowest BCUT2D eigenvalue weighted by atomic mass is 10.1. The summed E-state index contributed by atoms with van der Waals surface area (Å²) in [5.41, 5.74) is 2.60. The molecule has 1 aliphatic heterocycles. The molecule has 2 aromatic rings. The third-order valence-corrected chi connectivity index (χ3v) is 4.57. The van der Waals surface area contributed by atoms with Crippen LogP contribution in [0.15, 0.2) is 10.7 Å². The number of piperazine rings is 1. The van der Waals surface area contributed by atoms with Gasteiger partial charge in [0.05, 0.1) is 5.69 Å². The maximum atomic E-state index is 13.0. The van der Waals surface area contributed by atoms with Gasteiger partial charge in [-0.2, -0.15) is 5.10 Å². The molecule has 1 aliphatic rings. The highest BCUT2D eigenvalue weighted by molar-refractivity contribution is 5.21. The molecule has 0 saturated carbocycles. The summed E-state index contributed by atoms with van der Waals surface area (Å²) in [5.74, 6) is 0.867. The van der Waals surface area contributed by atoms with Crippen molar-refractivity contribution in [2.45, 2.75) is 33.4 Å². The molecular formula is C16H23F2N5O. The van der Waals surface area contributed by atoms with E-state index in [2.05, 4.69) is 20.1 Å². The second kappa shape index (κ2) is 6.98. The molecule has 3 heterocycles. The van der Waals surface area contributed by atoms with E-state index < -0.39 is 6.43 Å². The Hall–Kier alpha value is -1.80. The molecule has 6 nitrogen and oxygen atoms in total. The number of hydrogen-bond acceptors (Lipinski definition) is 5. The van der Waals surface area contributed by atoms with Crippen molar-refractivity contribution in [3.05, 3.63) is 34.5 Å². The van der Waals surface area contributed by atoms with E-state index in [9.17, 15) is 8.78 Å². The zero-order valence-electron chi connectivity index (χ0n) is 14.3. The van der Waals surface area contributed by atoms with Crippen LogP contribution in [0.5, 0.6) is 0 Å². The predicted molar refractivity (Wildman–Crippen MR) is 84.7 cm³/mol. The first-order valence-electron chi connectivity index (χ1n) is 8.11. The van der Waals surface area contributed by atoms with Gasteiger partial charge in [0.25, 0.3) is 6.43 Å². The largest absolute Gasteiger partial charge is 0.361 e. The molecule has 8 heteroatoms. The van der Waals surface area contributed by atoms with Crippen LogP contribution in [0.4, 0.5) is 8.78 Å². The minimum absolute atomic E-state index is 0.101. The summed E-state index contributed by atoms with van der Waals surface area (Å²) in [6, 6.07) is 0. The van der Waals surface area contributed by atoms with Crippen molar-refractivity contribution in [1.29, 1.82) is 0 Å². The van der Waals surface area contributed by atoms with Crippen LogP contribution in [0, 0.1) is 13.8 Å². The summed E-state index contributed by atoms with van der Waals surface area (Å²) in [5, 5.41) is 7.86. The average molecular weight is 339 g/mol. The van der Waals surface area contributed by atoms with Gasteiger partial charge in [0.2, 0.25) is 0 Å². The second-order valence-electron chi connectivity index (χ2n) is 6.37. The average Bonchev–Trinajstić information content (AvgIpc) is 3.06. The normalized spacial score (nSPS) is 17.1. The molecule has 0 spiro atoms. The topological polar surface area (TPSA) is 50.3 Å². The highest BCUT2D eigenvalue weighted by atomic mass is 19.3. The van der Waals surface area contributed by atoms with Gasteiger partial charge in [-0.1, -0.05) is 5.16 Å². The van der Waals surface area contributed by atoms with E-state index in [4.69, 9.17) is 4.52 Å². The lowest BCUT2D eigenvalue weighted by Gasteiger charge is -2.34. The quantitative estimate of drug-likeness (QED) is 0.836. The monoisotopic (exact) mass is 339 g/mol. The zero-order chi connectivity index (χ0) is 17.3. The third kappa shape index (κ3) is 3.64. The van der Waals surface area contributed by atoms with Gasteiger partial charge in [0.15, 0.2) is 0 Å². The summed E-state index contributed by atoms with van der Waals surface area (Å²) >= 11 is 0. The van der Waals surface area contributed by atoms with E-state index in [1.165, 1.54) is 4.68 Å². The van der Waals surface area contributed by atoms with Gasteiger partial charge in [-0.15, -0.1) is 0 Å². The number of aromatic nitrogens is 3. The first-order valence-corrected chi connectivity index (χ1v) is 8.11. The number of rotatable bonds is 5. The van der Waals surface area contributed by atoms with Crippen LogP contribution in [0.3, 0.4) is 0 Å². The number of hydrogen-bond donors (Lipinski definition) is 0. The van der Waals surface area contributed by atoms with Gasteiger partial charge in [-0.25, -0.2) is 8.78 Å². The van der Waals surface area contributed by atoms with Crippen molar-refractivity contribution >= 4 is 0 Å². The minimum Gasteiger partial charge on any atom is -0.361 e. The Morgan fingerprint density at radius 2 is 1.75 bits per heavy atom. The van der Waals surface area contributed by atoms with Crippen LogP contribution in [0.25, 0.3) is 0 Å². The van der Waals surface area contributed by atoms with Gasteiger partial charge >= 0.3 is 0 Å². The van der Waals surface area contributed by atoms with Crippen LogP contribution in [0.1, 0.15) is 34.7 Å². The zero-order valence-corrected chi connectivity index (χ0v) is 14.3. The van der Waals surface area contributed by atoms with E-state index in [-0.39, 0.29) is 5.69 Å². The molecule has 0 aromatic carbocycles. The van der Waals surface area contributed by atoms with Gasteiger partial charge in [-0.05, 0) is 13.8 Å². The van der Waals surface area contributed by atoms with E-state index in [1.807, 2.05) is 13.8 Å². The second-order valence-corrected chi connectivity index (χ2v) is 6.37. The van der Waals surface area contributed by atoms with Gasteiger partial charge in [0, 0.05) is 63.6 Å². The highest BCUT2D eigenvalue weighted by Crippen LogP contribution is 2.23. The SMILES string of the molecule is Cc1noc(C)c1CN1CCN(Cc2cn(C)nc2C(F)F)CC1. The van der Waals surface area contributed by atoms with Gasteiger partial charge in [0.1, 0.15) is 11.5 Å². The Labute approximate surface area is 140 Å². The molecule has 132 valence electrons. The lowest BCUT2D eigenvalue weighted by Crippen LogP contribution is -2.45. The Balaban J connectivity index is 1.56. The summed E-state index contributed by atoms with van der Waals surface area (Å²) in [4.78, 5) is 4.55. The van der Waals surface area contributed by atoms with Crippen LogP contribution >= 0.6 is 0 Å². The molecular weight excluding hydrogens is 316 g/mol. The molecule has 1 saturated heterocycles. The summed E-state index contributed by atoms with van der Waals surface area (Å²) in [7, 11) is 1.68. The molecule has 0 unspecified atom stereocenters. The van der Waals surface area contributed by atoms with Gasteiger partial charge in [-0.3, -0.25) is 14.5 Å². The molecule has 0 bridgehead atoms. The number of aryl methyl sites for hydroxylation is 3. The van der Waals surface area contributed by atoms with E-state index in [1.54, 1.807) is 13.2 Å². The summed E-state index contributed by atoms with van der Waals surface area (Å²) < 4.78 is 32.7. The summed E-state index contributed by atoms with van der Waals surface area (Å²) in [6.45, 7) is 8.72. The van der Waals surface area contributed by atoms with Crippen molar-refractivity contribution in [2.75, 3.05) is 26.2 Å². The smallest absolute Gasteiger partial charge is 0.282 e. The van der Waals surface area contributed by atoms with E-state index >= 15 is 0 Å². The highest BCUT2D eigenvalue weighted by Gasteiger charge is 2.23. The van der Waals surface area contributed by atoms with Crippen molar-refractivity contribution in [3.63, 3.8) is 0 Å². The van der Waals surface area contributed by atoms with Gasteiger partial charge < -0.3 is 4.52 Å². The first kappa shape index (κ1) is 17.0. The molecule has 2 aromatic heterocycles. The molecule has 3 rings (SSSR count). The van der Waals surface area contributed by atoms with Crippen LogP contribution in [-0.2, 0) is 20.1 Å². The Morgan fingerprint density at radius 3 is 2.29 bits per heavy atom. The van der Waals surface area contributed by atoms with Crippen molar-refractivity contribution in [1.82, 2.24) is 24.7 Å². The fourth-order valence-corrected chi connectivity index (χ4v) is 3.16. The standard InChI is InChI=1S/C16H23F2N5O/c1-11-14(12(2)24-20-11)10-23-6-4-22(5-7-23)9-13-8-21(3)19-15(13)16(17)18/h8,16H,4-7,9-10H2,1-3H3.